The molecule has 0 aliphatic carbocycles. The number of esters is 3. The number of hydrogen-bond donors (Lipinski definition) is 0. The van der Waals surface area contributed by atoms with E-state index < -0.39 is 6.10 Å². The third-order valence-corrected chi connectivity index (χ3v) is 15.7. The monoisotopic (exact) mass is 1120 g/mol. The van der Waals surface area contributed by atoms with E-state index >= 15 is 0 Å². The number of carbonyl (C=O) groups excluding carboxylic acids is 3. The van der Waals surface area contributed by atoms with Crippen molar-refractivity contribution in [3.05, 3.63) is 60.8 Å². The first-order valence-corrected chi connectivity index (χ1v) is 35.3. The summed E-state index contributed by atoms with van der Waals surface area (Å²) < 4.78 is 16.9. The molecule has 1 atom stereocenters. The summed E-state index contributed by atoms with van der Waals surface area (Å²) in [6.07, 6.45) is 88.4. The Bertz CT molecular complexity index is 1430. The predicted molar refractivity (Wildman–Crippen MR) is 348 cm³/mol. The summed E-state index contributed by atoms with van der Waals surface area (Å²) in [6.45, 7) is 6.61. The summed E-state index contributed by atoms with van der Waals surface area (Å²) in [5.41, 5.74) is 0. The van der Waals surface area contributed by atoms with Crippen molar-refractivity contribution < 1.29 is 28.6 Å². The fourth-order valence-corrected chi connectivity index (χ4v) is 10.4. The van der Waals surface area contributed by atoms with Gasteiger partial charge in [0.1, 0.15) is 13.2 Å². The highest BCUT2D eigenvalue weighted by Crippen LogP contribution is 2.18. The van der Waals surface area contributed by atoms with Crippen molar-refractivity contribution in [3.8, 4) is 0 Å². The molecule has 0 aromatic heterocycles. The molecule has 6 nitrogen and oxygen atoms in total. The molecule has 1 unspecified atom stereocenters. The zero-order valence-corrected chi connectivity index (χ0v) is 53.6. The lowest BCUT2D eigenvalue weighted by Crippen LogP contribution is -2.30. The van der Waals surface area contributed by atoms with E-state index in [1.807, 2.05) is 0 Å². The van der Waals surface area contributed by atoms with Gasteiger partial charge in [-0.25, -0.2) is 0 Å². The molecule has 0 aromatic carbocycles. The standard InChI is InChI=1S/C74H134O6/c1-4-7-10-13-16-19-22-24-26-28-30-32-33-34-35-36-37-38-39-40-41-43-44-46-48-50-52-55-58-61-64-67-73(76)79-70-71(69-78-72(75)66-63-60-57-54-21-18-15-12-9-6-3)80-74(77)68-65-62-59-56-53-51-49-47-45-42-31-29-27-25-23-20-17-14-11-8-5-2/h12,15,22,24,28-31,33-34,71H,4-11,13-14,16-21,23,25-27,32,35-70H2,1-3H3/b15-12-,24-22-,30-28-,31-29-,34-33-. The minimum atomic E-state index is -0.778. The number of rotatable bonds is 65. The third kappa shape index (κ3) is 65.9. The Morgan fingerprint density at radius 3 is 0.762 bits per heavy atom. The van der Waals surface area contributed by atoms with Gasteiger partial charge in [0.05, 0.1) is 0 Å². The van der Waals surface area contributed by atoms with Crippen LogP contribution < -0.4 is 0 Å². The molecule has 6 heteroatoms. The molecule has 0 heterocycles. The normalized spacial score (nSPS) is 12.4. The molecular weight excluding hydrogens is 985 g/mol. The first-order valence-electron chi connectivity index (χ1n) is 35.3. The molecular formula is C74H134O6. The van der Waals surface area contributed by atoms with Crippen molar-refractivity contribution in [2.75, 3.05) is 13.2 Å². The molecule has 0 saturated heterocycles. The second kappa shape index (κ2) is 68.6. The third-order valence-electron chi connectivity index (χ3n) is 15.7. The largest absolute Gasteiger partial charge is 0.462 e. The fourth-order valence-electron chi connectivity index (χ4n) is 10.4. The SMILES string of the molecule is CCC/C=C\CCCCCCCC(=O)OCC(COC(=O)CCCCCCCCCCCCCCCCCC/C=C\C/C=C\C/C=C\CCCCCCC)OC(=O)CCCCCCCCCCC/C=C\CCCCCCCCCC. The molecule has 0 saturated carbocycles. The summed E-state index contributed by atoms with van der Waals surface area (Å²) in [7, 11) is 0. The minimum Gasteiger partial charge on any atom is -0.462 e. The predicted octanol–water partition coefficient (Wildman–Crippen LogP) is 24.3. The molecule has 0 aromatic rings. The maximum Gasteiger partial charge on any atom is 0.306 e. The van der Waals surface area contributed by atoms with E-state index in [0.717, 1.165) is 83.5 Å². The zero-order chi connectivity index (χ0) is 57.8. The topological polar surface area (TPSA) is 78.9 Å². The fraction of sp³-hybridized carbons (Fsp3) is 0.824. The Hall–Kier alpha value is -2.89. The highest BCUT2D eigenvalue weighted by Gasteiger charge is 2.19. The van der Waals surface area contributed by atoms with E-state index in [9.17, 15) is 14.4 Å². The zero-order valence-electron chi connectivity index (χ0n) is 53.6. The van der Waals surface area contributed by atoms with Crippen LogP contribution in [0.15, 0.2) is 60.8 Å². The van der Waals surface area contributed by atoms with Crippen molar-refractivity contribution in [1.82, 2.24) is 0 Å². The Morgan fingerprint density at radius 1 is 0.250 bits per heavy atom. The maximum atomic E-state index is 12.9. The summed E-state index contributed by atoms with van der Waals surface area (Å²) in [5.74, 6) is -0.868. The van der Waals surface area contributed by atoms with Gasteiger partial charge < -0.3 is 14.2 Å². The van der Waals surface area contributed by atoms with E-state index in [1.54, 1.807) is 0 Å². The van der Waals surface area contributed by atoms with E-state index in [-0.39, 0.29) is 31.1 Å². The second-order valence-corrected chi connectivity index (χ2v) is 23.8. The van der Waals surface area contributed by atoms with E-state index in [0.29, 0.717) is 19.3 Å². The van der Waals surface area contributed by atoms with Crippen LogP contribution in [0.25, 0.3) is 0 Å². The van der Waals surface area contributed by atoms with Gasteiger partial charge >= 0.3 is 17.9 Å². The number of ether oxygens (including phenoxy) is 3. The van der Waals surface area contributed by atoms with Crippen molar-refractivity contribution in [2.24, 2.45) is 0 Å². The van der Waals surface area contributed by atoms with E-state index in [2.05, 4.69) is 81.5 Å². The first-order chi connectivity index (χ1) is 39.5. The summed E-state index contributed by atoms with van der Waals surface area (Å²) in [6, 6.07) is 0. The molecule has 0 N–H and O–H groups in total. The van der Waals surface area contributed by atoms with Crippen molar-refractivity contribution >= 4 is 17.9 Å². The highest BCUT2D eigenvalue weighted by atomic mass is 16.6. The smallest absolute Gasteiger partial charge is 0.306 e. The Balaban J connectivity index is 4.13. The van der Waals surface area contributed by atoms with Crippen LogP contribution >= 0.6 is 0 Å². The Kier molecular flexibility index (Phi) is 66.1. The number of carbonyl (C=O) groups is 3. The van der Waals surface area contributed by atoms with Gasteiger partial charge in [0.15, 0.2) is 6.10 Å². The molecule has 0 spiro atoms. The Morgan fingerprint density at radius 2 is 0.475 bits per heavy atom. The average Bonchev–Trinajstić information content (AvgIpc) is 3.46. The molecule has 0 bridgehead atoms. The van der Waals surface area contributed by atoms with Gasteiger partial charge in [-0.15, -0.1) is 0 Å². The van der Waals surface area contributed by atoms with Crippen molar-refractivity contribution in [2.45, 2.75) is 380 Å². The van der Waals surface area contributed by atoms with Crippen LogP contribution in [0.4, 0.5) is 0 Å². The van der Waals surface area contributed by atoms with Crippen LogP contribution in [0.5, 0.6) is 0 Å². The van der Waals surface area contributed by atoms with Gasteiger partial charge in [0.2, 0.25) is 0 Å². The number of unbranched alkanes of at least 4 members (excludes halogenated alkanes) is 44. The first kappa shape index (κ1) is 77.1. The van der Waals surface area contributed by atoms with E-state index in [4.69, 9.17) is 14.2 Å². The number of allylic oxidation sites excluding steroid dienone is 10. The lowest BCUT2D eigenvalue weighted by molar-refractivity contribution is -0.167. The summed E-state index contributed by atoms with van der Waals surface area (Å²) in [4.78, 5) is 38.3. The lowest BCUT2D eigenvalue weighted by atomic mass is 10.0. The average molecular weight is 1120 g/mol. The van der Waals surface area contributed by atoms with Crippen LogP contribution in [-0.4, -0.2) is 37.2 Å². The molecule has 0 radical (unpaired) electrons. The van der Waals surface area contributed by atoms with Crippen molar-refractivity contribution in [3.63, 3.8) is 0 Å². The molecule has 0 fully saturated rings. The molecule has 466 valence electrons. The highest BCUT2D eigenvalue weighted by molar-refractivity contribution is 5.71. The second-order valence-electron chi connectivity index (χ2n) is 23.8. The van der Waals surface area contributed by atoms with Gasteiger partial charge in [0.25, 0.3) is 0 Å². The van der Waals surface area contributed by atoms with Crippen LogP contribution in [0, 0.1) is 0 Å². The van der Waals surface area contributed by atoms with Gasteiger partial charge in [-0.2, -0.15) is 0 Å². The van der Waals surface area contributed by atoms with Gasteiger partial charge in [0, 0.05) is 19.3 Å². The number of hydrogen-bond acceptors (Lipinski definition) is 6. The molecule has 0 aliphatic heterocycles. The molecule has 0 rings (SSSR count). The molecule has 80 heavy (non-hydrogen) atoms. The quantitative estimate of drug-likeness (QED) is 0.0261. The van der Waals surface area contributed by atoms with Gasteiger partial charge in [-0.05, 0) is 103 Å². The van der Waals surface area contributed by atoms with Crippen LogP contribution in [-0.2, 0) is 28.6 Å². The molecule has 0 amide bonds. The van der Waals surface area contributed by atoms with Crippen LogP contribution in [0.2, 0.25) is 0 Å². The van der Waals surface area contributed by atoms with Gasteiger partial charge in [-0.1, -0.05) is 313 Å². The van der Waals surface area contributed by atoms with E-state index in [1.165, 1.54) is 250 Å². The van der Waals surface area contributed by atoms with Crippen LogP contribution in [0.3, 0.4) is 0 Å². The Labute approximate surface area is 498 Å². The minimum absolute atomic E-state index is 0.0744. The van der Waals surface area contributed by atoms with Crippen LogP contribution in [0.1, 0.15) is 374 Å². The van der Waals surface area contributed by atoms with Crippen molar-refractivity contribution in [1.29, 1.82) is 0 Å². The summed E-state index contributed by atoms with van der Waals surface area (Å²) >= 11 is 0. The summed E-state index contributed by atoms with van der Waals surface area (Å²) in [5, 5.41) is 0. The van der Waals surface area contributed by atoms with Gasteiger partial charge in [-0.3, -0.25) is 14.4 Å². The molecule has 0 aliphatic rings. The maximum absolute atomic E-state index is 12.9. The lowest BCUT2D eigenvalue weighted by Gasteiger charge is -2.18.